The summed E-state index contributed by atoms with van der Waals surface area (Å²) < 4.78 is 5.32. The van der Waals surface area contributed by atoms with E-state index in [2.05, 4.69) is 30.2 Å². The molecule has 0 saturated carbocycles. The number of carbonyl (C=O) groups excluding carboxylic acids is 1. The van der Waals surface area contributed by atoms with Crippen LogP contribution in [0.25, 0.3) is 0 Å². The number of hydrogen-bond acceptors (Lipinski definition) is 3. The van der Waals surface area contributed by atoms with Crippen molar-refractivity contribution in [3.05, 3.63) is 55.1 Å². The normalized spacial score (nSPS) is 17.7. The van der Waals surface area contributed by atoms with E-state index in [1.54, 1.807) is 24.2 Å². The van der Waals surface area contributed by atoms with Crippen molar-refractivity contribution in [2.75, 3.05) is 33.3 Å². The molecule has 1 aliphatic heterocycles. The Hall–Kier alpha value is -2.07. The maximum absolute atomic E-state index is 12.5. The van der Waals surface area contributed by atoms with Gasteiger partial charge in [0.25, 0.3) is 0 Å². The van der Waals surface area contributed by atoms with Gasteiger partial charge in [-0.3, -0.25) is 9.69 Å². The second-order valence-corrected chi connectivity index (χ2v) is 5.78. The van der Waals surface area contributed by atoms with Gasteiger partial charge in [0.1, 0.15) is 5.75 Å². The Bertz CT molecular complexity index is 546. The average Bonchev–Trinajstić information content (AvgIpc) is 3.02. The fourth-order valence-electron chi connectivity index (χ4n) is 3.11. The van der Waals surface area contributed by atoms with E-state index < -0.39 is 0 Å². The number of carbonyl (C=O) groups is 1. The van der Waals surface area contributed by atoms with Crippen molar-refractivity contribution in [2.24, 2.45) is 0 Å². The lowest BCUT2D eigenvalue weighted by atomic mass is 10.0. The summed E-state index contributed by atoms with van der Waals surface area (Å²) in [5, 5.41) is 0. The van der Waals surface area contributed by atoms with E-state index in [0.717, 1.165) is 25.1 Å². The molecule has 0 aromatic heterocycles. The highest BCUT2D eigenvalue weighted by Crippen LogP contribution is 2.33. The molecule has 1 amide bonds. The van der Waals surface area contributed by atoms with Crippen LogP contribution < -0.4 is 4.74 Å². The summed E-state index contributed by atoms with van der Waals surface area (Å²) in [6, 6.07) is 8.42. The van der Waals surface area contributed by atoms with Gasteiger partial charge in [-0.1, -0.05) is 24.3 Å². The second-order valence-electron chi connectivity index (χ2n) is 5.78. The molecule has 0 spiro atoms. The zero-order valence-corrected chi connectivity index (χ0v) is 13.9. The van der Waals surface area contributed by atoms with Crippen molar-refractivity contribution in [1.82, 2.24) is 9.80 Å². The molecule has 23 heavy (non-hydrogen) atoms. The van der Waals surface area contributed by atoms with Crippen LogP contribution in [0.5, 0.6) is 5.75 Å². The Balaban J connectivity index is 2.07. The number of likely N-dealkylation sites (tertiary alicyclic amines) is 1. The highest BCUT2D eigenvalue weighted by Gasteiger charge is 2.28. The third-order valence-electron chi connectivity index (χ3n) is 4.23. The lowest BCUT2D eigenvalue weighted by Crippen LogP contribution is -2.40. The van der Waals surface area contributed by atoms with Gasteiger partial charge >= 0.3 is 0 Å². The highest BCUT2D eigenvalue weighted by molar-refractivity contribution is 5.78. The van der Waals surface area contributed by atoms with Crippen LogP contribution in [0.2, 0.25) is 0 Å². The maximum Gasteiger partial charge on any atom is 0.237 e. The summed E-state index contributed by atoms with van der Waals surface area (Å²) in [5.74, 6) is 0.986. The summed E-state index contributed by atoms with van der Waals surface area (Å²) in [6.45, 7) is 9.94. The SMILES string of the molecule is C=CCN(CC=C)C(=O)CN1CCCC1c1cccc(OC)c1. The number of nitrogens with zero attached hydrogens (tertiary/aromatic N) is 2. The molecule has 4 heteroatoms. The fourth-order valence-corrected chi connectivity index (χ4v) is 3.11. The van der Waals surface area contributed by atoms with Gasteiger partial charge in [0, 0.05) is 19.1 Å². The molecule has 2 rings (SSSR count). The summed E-state index contributed by atoms with van der Waals surface area (Å²) in [4.78, 5) is 16.6. The molecule has 124 valence electrons. The third-order valence-corrected chi connectivity index (χ3v) is 4.23. The van der Waals surface area contributed by atoms with Crippen molar-refractivity contribution in [3.8, 4) is 5.75 Å². The van der Waals surface area contributed by atoms with Crippen molar-refractivity contribution >= 4 is 5.91 Å². The van der Waals surface area contributed by atoms with Gasteiger partial charge in [-0.15, -0.1) is 13.2 Å². The fraction of sp³-hybridized carbons (Fsp3) is 0.421. The van der Waals surface area contributed by atoms with Crippen LogP contribution in [-0.4, -0.2) is 49.0 Å². The van der Waals surface area contributed by atoms with Gasteiger partial charge in [-0.2, -0.15) is 0 Å². The molecular formula is C19H26N2O2. The lowest BCUT2D eigenvalue weighted by Gasteiger charge is -2.28. The van der Waals surface area contributed by atoms with Crippen LogP contribution >= 0.6 is 0 Å². The molecule has 1 aliphatic rings. The molecule has 0 bridgehead atoms. The third kappa shape index (κ3) is 4.45. The number of rotatable bonds is 8. The van der Waals surface area contributed by atoms with Crippen LogP contribution in [0.4, 0.5) is 0 Å². The smallest absolute Gasteiger partial charge is 0.237 e. The standard InChI is InChI=1S/C19H26N2O2/c1-4-11-20(12-5-2)19(22)15-21-13-7-10-18(21)16-8-6-9-17(14-16)23-3/h4-6,8-9,14,18H,1-2,7,10-13,15H2,3H3. The summed E-state index contributed by atoms with van der Waals surface area (Å²) in [7, 11) is 1.68. The van der Waals surface area contributed by atoms with E-state index in [9.17, 15) is 4.79 Å². The molecule has 1 aromatic carbocycles. The Morgan fingerprint density at radius 3 is 2.78 bits per heavy atom. The van der Waals surface area contributed by atoms with Crippen molar-refractivity contribution in [1.29, 1.82) is 0 Å². The Labute approximate surface area is 139 Å². The minimum Gasteiger partial charge on any atom is -0.497 e. The topological polar surface area (TPSA) is 32.8 Å². The molecule has 0 N–H and O–H groups in total. The molecule has 1 aromatic rings. The highest BCUT2D eigenvalue weighted by atomic mass is 16.5. The Morgan fingerprint density at radius 1 is 1.39 bits per heavy atom. The van der Waals surface area contributed by atoms with E-state index in [4.69, 9.17) is 4.74 Å². The predicted octanol–water partition coefficient (Wildman–Crippen LogP) is 3.03. The molecule has 1 atom stereocenters. The first-order chi connectivity index (χ1) is 11.2. The molecule has 1 saturated heterocycles. The van der Waals surface area contributed by atoms with Crippen LogP contribution in [0.3, 0.4) is 0 Å². The quantitative estimate of drug-likeness (QED) is 0.692. The number of amides is 1. The minimum atomic E-state index is 0.125. The van der Waals surface area contributed by atoms with Crippen molar-refractivity contribution in [3.63, 3.8) is 0 Å². The van der Waals surface area contributed by atoms with E-state index in [0.29, 0.717) is 19.6 Å². The Kier molecular flexibility index (Phi) is 6.41. The summed E-state index contributed by atoms with van der Waals surface area (Å²) in [6.07, 6.45) is 5.69. The number of hydrogen-bond donors (Lipinski definition) is 0. The number of methoxy groups -OCH3 is 1. The zero-order chi connectivity index (χ0) is 16.7. The second kappa shape index (κ2) is 8.53. The van der Waals surface area contributed by atoms with E-state index >= 15 is 0 Å². The van der Waals surface area contributed by atoms with Gasteiger partial charge in [-0.25, -0.2) is 0 Å². The molecule has 0 aliphatic carbocycles. The Morgan fingerprint density at radius 2 is 2.13 bits per heavy atom. The molecule has 1 heterocycles. The summed E-state index contributed by atoms with van der Waals surface area (Å²) >= 11 is 0. The lowest BCUT2D eigenvalue weighted by molar-refractivity contribution is -0.131. The predicted molar refractivity (Wildman–Crippen MR) is 93.5 cm³/mol. The molecule has 1 fully saturated rings. The van der Waals surface area contributed by atoms with Crippen LogP contribution in [0.1, 0.15) is 24.4 Å². The van der Waals surface area contributed by atoms with Crippen molar-refractivity contribution < 1.29 is 9.53 Å². The van der Waals surface area contributed by atoms with E-state index in [-0.39, 0.29) is 11.9 Å². The van der Waals surface area contributed by atoms with Crippen LogP contribution in [0.15, 0.2) is 49.6 Å². The first-order valence-electron chi connectivity index (χ1n) is 8.07. The van der Waals surface area contributed by atoms with Gasteiger partial charge in [-0.05, 0) is 37.1 Å². The van der Waals surface area contributed by atoms with Gasteiger partial charge in [0.05, 0.1) is 13.7 Å². The average molecular weight is 314 g/mol. The van der Waals surface area contributed by atoms with E-state index in [1.165, 1.54) is 5.56 Å². The van der Waals surface area contributed by atoms with E-state index in [1.807, 2.05) is 12.1 Å². The number of benzene rings is 1. The molecule has 4 nitrogen and oxygen atoms in total. The first kappa shape index (κ1) is 17.3. The summed E-state index contributed by atoms with van der Waals surface area (Å²) in [5.41, 5.74) is 1.22. The minimum absolute atomic E-state index is 0.125. The maximum atomic E-state index is 12.5. The van der Waals surface area contributed by atoms with Gasteiger partial charge < -0.3 is 9.64 Å². The molecule has 0 radical (unpaired) electrons. The number of ether oxygens (including phenoxy) is 1. The van der Waals surface area contributed by atoms with Gasteiger partial charge in [0.15, 0.2) is 0 Å². The van der Waals surface area contributed by atoms with Crippen LogP contribution in [-0.2, 0) is 4.79 Å². The largest absolute Gasteiger partial charge is 0.497 e. The van der Waals surface area contributed by atoms with Crippen molar-refractivity contribution in [2.45, 2.75) is 18.9 Å². The first-order valence-corrected chi connectivity index (χ1v) is 8.07. The van der Waals surface area contributed by atoms with Gasteiger partial charge in [0.2, 0.25) is 5.91 Å². The molecular weight excluding hydrogens is 288 g/mol. The molecule has 1 unspecified atom stereocenters. The van der Waals surface area contributed by atoms with Crippen LogP contribution in [0, 0.1) is 0 Å². The zero-order valence-electron chi connectivity index (χ0n) is 13.9. The monoisotopic (exact) mass is 314 g/mol.